The molecule has 6 nitrogen and oxygen atoms in total. The van der Waals surface area contributed by atoms with Gasteiger partial charge in [0.1, 0.15) is 5.60 Å². The molecule has 1 fully saturated rings. The zero-order chi connectivity index (χ0) is 14.6. The lowest BCUT2D eigenvalue weighted by molar-refractivity contribution is -0.149. The second-order valence-electron chi connectivity index (χ2n) is 5.76. The topological polar surface area (TPSA) is 83.9 Å². The van der Waals surface area contributed by atoms with E-state index in [2.05, 4.69) is 0 Å². The van der Waals surface area contributed by atoms with Gasteiger partial charge in [-0.15, -0.1) is 0 Å². The quantitative estimate of drug-likeness (QED) is 0.791. The van der Waals surface area contributed by atoms with Crippen LogP contribution in [0.25, 0.3) is 0 Å². The molecular weight excluding hydrogens is 250 g/mol. The van der Waals surface area contributed by atoms with Crippen molar-refractivity contribution in [2.24, 2.45) is 0 Å². The van der Waals surface area contributed by atoms with E-state index in [9.17, 15) is 14.4 Å². The first-order valence-corrected chi connectivity index (χ1v) is 6.46. The number of piperidine rings is 1. The zero-order valence-corrected chi connectivity index (χ0v) is 11.6. The van der Waals surface area contributed by atoms with E-state index < -0.39 is 23.4 Å². The van der Waals surface area contributed by atoms with Crippen molar-refractivity contribution in [3.63, 3.8) is 0 Å². The molecule has 1 N–H and O–H groups in total. The lowest BCUT2D eigenvalue weighted by Gasteiger charge is -2.36. The number of ether oxygens (including phenoxy) is 1. The first kappa shape index (κ1) is 15.5. The van der Waals surface area contributed by atoms with Gasteiger partial charge < -0.3 is 14.7 Å². The summed E-state index contributed by atoms with van der Waals surface area (Å²) in [6, 6.07) is -0.368. The largest absolute Gasteiger partial charge is 0.476 e. The molecule has 6 heteroatoms. The molecule has 0 spiro atoms. The summed E-state index contributed by atoms with van der Waals surface area (Å²) in [5, 5.41) is 8.64. The van der Waals surface area contributed by atoms with E-state index >= 15 is 0 Å². The molecule has 0 radical (unpaired) electrons. The van der Waals surface area contributed by atoms with Gasteiger partial charge in [0.15, 0.2) is 0 Å². The van der Waals surface area contributed by atoms with Crippen LogP contribution in [0.3, 0.4) is 0 Å². The molecule has 1 rings (SSSR count). The van der Waals surface area contributed by atoms with Crippen LogP contribution < -0.4 is 0 Å². The highest BCUT2D eigenvalue weighted by molar-refractivity contribution is 6.32. The Morgan fingerprint density at radius 3 is 2.42 bits per heavy atom. The van der Waals surface area contributed by atoms with Gasteiger partial charge in [-0.25, -0.2) is 9.59 Å². The van der Waals surface area contributed by atoms with E-state index in [4.69, 9.17) is 9.84 Å². The van der Waals surface area contributed by atoms with Gasteiger partial charge in [0.25, 0.3) is 0 Å². The summed E-state index contributed by atoms with van der Waals surface area (Å²) >= 11 is 0. The minimum Gasteiger partial charge on any atom is -0.476 e. The first-order valence-electron chi connectivity index (χ1n) is 6.46. The molecule has 19 heavy (non-hydrogen) atoms. The number of Topliss-reactive ketones (excluding diaryl/α,β-unsaturated/α-hetero) is 1. The number of carbonyl (C=O) groups excluding carboxylic acids is 2. The van der Waals surface area contributed by atoms with Crippen LogP contribution in [0.15, 0.2) is 0 Å². The lowest BCUT2D eigenvalue weighted by atomic mass is 9.98. The number of nitrogens with zero attached hydrogens (tertiary/aromatic N) is 1. The van der Waals surface area contributed by atoms with Crippen molar-refractivity contribution in [3.05, 3.63) is 0 Å². The van der Waals surface area contributed by atoms with Crippen molar-refractivity contribution < 1.29 is 24.2 Å². The Hall–Kier alpha value is -1.59. The molecule has 1 saturated heterocycles. The Balaban J connectivity index is 2.69. The number of amides is 1. The molecule has 1 atom stereocenters. The second-order valence-corrected chi connectivity index (χ2v) is 5.76. The number of hydrogen-bond donors (Lipinski definition) is 1. The number of carboxylic acid groups (broad SMARTS) is 1. The van der Waals surface area contributed by atoms with Crippen LogP contribution in [0.2, 0.25) is 0 Å². The summed E-state index contributed by atoms with van der Waals surface area (Å²) in [5.41, 5.74) is -0.601. The molecule has 0 saturated carbocycles. The first-order chi connectivity index (χ1) is 8.70. The number of carbonyl (C=O) groups is 3. The molecule has 0 aliphatic carbocycles. The van der Waals surface area contributed by atoms with E-state index in [0.717, 1.165) is 12.8 Å². The molecule has 0 bridgehead atoms. The van der Waals surface area contributed by atoms with E-state index in [-0.39, 0.29) is 12.5 Å². The molecular formula is C13H21NO5. The molecule has 0 aromatic heterocycles. The monoisotopic (exact) mass is 271 g/mol. The van der Waals surface area contributed by atoms with Crippen molar-refractivity contribution in [1.29, 1.82) is 0 Å². The fraction of sp³-hybridized carbons (Fsp3) is 0.769. The van der Waals surface area contributed by atoms with E-state index in [0.29, 0.717) is 13.0 Å². The van der Waals surface area contributed by atoms with Gasteiger partial charge in [0, 0.05) is 19.0 Å². The molecule has 1 aliphatic heterocycles. The number of likely N-dealkylation sites (tertiary alicyclic amines) is 1. The predicted octanol–water partition coefficient (Wildman–Crippen LogP) is 1.82. The number of carboxylic acids is 1. The lowest BCUT2D eigenvalue weighted by Crippen LogP contribution is -2.47. The highest BCUT2D eigenvalue weighted by Crippen LogP contribution is 2.22. The summed E-state index contributed by atoms with van der Waals surface area (Å²) in [4.78, 5) is 35.4. The third kappa shape index (κ3) is 4.89. The van der Waals surface area contributed by atoms with Crippen molar-refractivity contribution in [2.45, 2.75) is 58.1 Å². The molecule has 0 aromatic carbocycles. The highest BCUT2D eigenvalue weighted by Gasteiger charge is 2.32. The zero-order valence-electron chi connectivity index (χ0n) is 11.6. The van der Waals surface area contributed by atoms with Crippen molar-refractivity contribution in [2.75, 3.05) is 6.54 Å². The Kier molecular flexibility index (Phi) is 4.91. The van der Waals surface area contributed by atoms with E-state index in [1.165, 1.54) is 4.90 Å². The average Bonchev–Trinajstić information content (AvgIpc) is 2.27. The van der Waals surface area contributed by atoms with Gasteiger partial charge >= 0.3 is 12.1 Å². The van der Waals surface area contributed by atoms with Crippen molar-refractivity contribution in [3.8, 4) is 0 Å². The SMILES string of the molecule is CC(C)(C)OC(=O)N1CCCCC1CC(=O)C(=O)O. The fourth-order valence-corrected chi connectivity index (χ4v) is 2.08. The highest BCUT2D eigenvalue weighted by atomic mass is 16.6. The maximum atomic E-state index is 12.0. The molecule has 108 valence electrons. The molecule has 1 unspecified atom stereocenters. The van der Waals surface area contributed by atoms with Crippen LogP contribution in [-0.4, -0.2) is 46.0 Å². The Morgan fingerprint density at radius 2 is 1.89 bits per heavy atom. The summed E-state index contributed by atoms with van der Waals surface area (Å²) in [6.07, 6.45) is 1.75. The average molecular weight is 271 g/mol. The Labute approximate surface area is 112 Å². The van der Waals surface area contributed by atoms with Gasteiger partial charge in [-0.05, 0) is 40.0 Å². The normalized spacial score (nSPS) is 19.9. The van der Waals surface area contributed by atoms with Gasteiger partial charge in [-0.3, -0.25) is 4.79 Å². The van der Waals surface area contributed by atoms with Crippen LogP contribution >= 0.6 is 0 Å². The molecule has 1 heterocycles. The van der Waals surface area contributed by atoms with Gasteiger partial charge in [0.2, 0.25) is 5.78 Å². The smallest absolute Gasteiger partial charge is 0.410 e. The summed E-state index contributed by atoms with van der Waals surface area (Å²) in [6.45, 7) is 5.82. The number of aliphatic carboxylic acids is 1. The van der Waals surface area contributed by atoms with Crippen LogP contribution in [-0.2, 0) is 14.3 Å². The fourth-order valence-electron chi connectivity index (χ4n) is 2.08. The van der Waals surface area contributed by atoms with Gasteiger partial charge in [-0.1, -0.05) is 0 Å². The maximum absolute atomic E-state index is 12.0. The van der Waals surface area contributed by atoms with E-state index in [1.807, 2.05) is 0 Å². The van der Waals surface area contributed by atoms with Gasteiger partial charge in [-0.2, -0.15) is 0 Å². The van der Waals surface area contributed by atoms with Crippen LogP contribution in [0.1, 0.15) is 46.5 Å². The third-order valence-electron chi connectivity index (χ3n) is 2.91. The molecule has 0 aromatic rings. The number of hydrogen-bond acceptors (Lipinski definition) is 4. The third-order valence-corrected chi connectivity index (χ3v) is 2.91. The van der Waals surface area contributed by atoms with Crippen LogP contribution in [0.5, 0.6) is 0 Å². The summed E-state index contributed by atoms with van der Waals surface area (Å²) in [5.74, 6) is -2.31. The maximum Gasteiger partial charge on any atom is 0.410 e. The standard InChI is InChI=1S/C13H21NO5/c1-13(2,3)19-12(18)14-7-5-4-6-9(14)8-10(15)11(16)17/h9H,4-8H2,1-3H3,(H,16,17). The molecule has 1 amide bonds. The van der Waals surface area contributed by atoms with Gasteiger partial charge in [0.05, 0.1) is 0 Å². The minimum absolute atomic E-state index is 0.144. The summed E-state index contributed by atoms with van der Waals surface area (Å²) in [7, 11) is 0. The van der Waals surface area contributed by atoms with Crippen LogP contribution in [0, 0.1) is 0 Å². The number of ketones is 1. The summed E-state index contributed by atoms with van der Waals surface area (Å²) < 4.78 is 5.28. The van der Waals surface area contributed by atoms with Crippen molar-refractivity contribution >= 4 is 17.8 Å². The number of rotatable bonds is 3. The molecule has 1 aliphatic rings. The Bertz CT molecular complexity index is 372. The second kappa shape index (κ2) is 6.04. The Morgan fingerprint density at radius 1 is 1.26 bits per heavy atom. The predicted molar refractivity (Wildman–Crippen MR) is 67.8 cm³/mol. The van der Waals surface area contributed by atoms with Crippen LogP contribution in [0.4, 0.5) is 4.79 Å². The minimum atomic E-state index is -1.45. The van der Waals surface area contributed by atoms with E-state index in [1.54, 1.807) is 20.8 Å². The van der Waals surface area contributed by atoms with Crippen molar-refractivity contribution in [1.82, 2.24) is 4.90 Å².